The molecule has 6 heteroatoms. The molecule has 1 unspecified atom stereocenters. The molecular weight excluding hydrogens is 781 g/mol. The first kappa shape index (κ1) is 60.6. The van der Waals surface area contributed by atoms with Crippen LogP contribution in [0, 0.1) is 0 Å². The van der Waals surface area contributed by atoms with Crippen LogP contribution in [0.2, 0.25) is 0 Å². The van der Waals surface area contributed by atoms with Crippen LogP contribution >= 0.6 is 0 Å². The van der Waals surface area contributed by atoms with Crippen molar-refractivity contribution in [1.82, 2.24) is 0 Å². The minimum absolute atomic E-state index is 0.0754. The summed E-state index contributed by atoms with van der Waals surface area (Å²) in [5.74, 6) is -0.882. The highest BCUT2D eigenvalue weighted by molar-refractivity contribution is 5.71. The van der Waals surface area contributed by atoms with E-state index in [1.54, 1.807) is 0 Å². The van der Waals surface area contributed by atoms with E-state index in [0.29, 0.717) is 19.3 Å². The van der Waals surface area contributed by atoms with Crippen LogP contribution in [0.25, 0.3) is 0 Å². The molecule has 0 N–H and O–H groups in total. The third kappa shape index (κ3) is 50.5. The van der Waals surface area contributed by atoms with Crippen LogP contribution in [0.15, 0.2) is 36.5 Å². The molecule has 6 nitrogen and oxygen atoms in total. The summed E-state index contributed by atoms with van der Waals surface area (Å²) in [5.41, 5.74) is 0. The van der Waals surface area contributed by atoms with E-state index in [1.807, 2.05) is 0 Å². The molecule has 1 atom stereocenters. The fourth-order valence-electron chi connectivity index (χ4n) is 7.95. The predicted octanol–water partition coefficient (Wildman–Crippen LogP) is 18.1. The maximum Gasteiger partial charge on any atom is 0.306 e. The Kier molecular flexibility index (Phi) is 50.3. The van der Waals surface area contributed by atoms with Crippen LogP contribution < -0.4 is 0 Å². The SMILES string of the molecule is CCC/C=C\C/C=C\CCCCCCCC(=O)OC(COC(=O)CCCCCCCCCCC)COC(=O)CCCCCCCCCCCCC/C=C\CCCCCCCCCC. The summed E-state index contributed by atoms with van der Waals surface area (Å²) >= 11 is 0. The zero-order chi connectivity index (χ0) is 45.8. The summed E-state index contributed by atoms with van der Waals surface area (Å²) in [6.45, 7) is 6.57. The van der Waals surface area contributed by atoms with Gasteiger partial charge < -0.3 is 14.2 Å². The highest BCUT2D eigenvalue weighted by Crippen LogP contribution is 2.16. The van der Waals surface area contributed by atoms with Crippen LogP contribution in [0.4, 0.5) is 0 Å². The van der Waals surface area contributed by atoms with Crippen molar-refractivity contribution >= 4 is 17.9 Å². The maximum absolute atomic E-state index is 12.8. The lowest BCUT2D eigenvalue weighted by Crippen LogP contribution is -2.30. The zero-order valence-corrected chi connectivity index (χ0v) is 42.1. The van der Waals surface area contributed by atoms with Gasteiger partial charge in [-0.1, -0.05) is 237 Å². The maximum atomic E-state index is 12.8. The number of esters is 3. The van der Waals surface area contributed by atoms with E-state index in [2.05, 4.69) is 57.2 Å². The Balaban J connectivity index is 4.19. The van der Waals surface area contributed by atoms with Crippen LogP contribution in [0.1, 0.15) is 290 Å². The molecule has 0 aromatic rings. The van der Waals surface area contributed by atoms with Gasteiger partial charge in [0.15, 0.2) is 6.10 Å². The molecule has 0 radical (unpaired) electrons. The summed E-state index contributed by atoms with van der Waals surface area (Å²) < 4.78 is 16.8. The third-order valence-corrected chi connectivity index (χ3v) is 12.1. The van der Waals surface area contributed by atoms with E-state index in [1.165, 1.54) is 161 Å². The second kappa shape index (κ2) is 52.3. The molecule has 0 saturated heterocycles. The Morgan fingerprint density at radius 2 is 0.603 bits per heavy atom. The predicted molar refractivity (Wildman–Crippen MR) is 270 cm³/mol. The first-order chi connectivity index (χ1) is 31.0. The van der Waals surface area contributed by atoms with Gasteiger partial charge in [-0.25, -0.2) is 0 Å². The lowest BCUT2D eigenvalue weighted by molar-refractivity contribution is -0.167. The smallest absolute Gasteiger partial charge is 0.306 e. The number of hydrogen-bond acceptors (Lipinski definition) is 6. The fraction of sp³-hybridized carbons (Fsp3) is 0.842. The van der Waals surface area contributed by atoms with Crippen molar-refractivity contribution in [3.05, 3.63) is 36.5 Å². The normalized spacial score (nSPS) is 12.2. The number of rotatable bonds is 50. The van der Waals surface area contributed by atoms with E-state index >= 15 is 0 Å². The van der Waals surface area contributed by atoms with Crippen molar-refractivity contribution in [2.75, 3.05) is 13.2 Å². The Morgan fingerprint density at radius 3 is 0.952 bits per heavy atom. The number of ether oxygens (including phenoxy) is 3. The van der Waals surface area contributed by atoms with Crippen molar-refractivity contribution in [1.29, 1.82) is 0 Å². The summed E-state index contributed by atoms with van der Waals surface area (Å²) in [7, 11) is 0. The molecule has 0 aromatic carbocycles. The number of carbonyl (C=O) groups excluding carboxylic acids is 3. The number of unbranched alkanes of at least 4 members (excludes halogenated alkanes) is 33. The minimum atomic E-state index is -0.775. The molecular formula is C57H104O6. The molecule has 0 aliphatic heterocycles. The van der Waals surface area contributed by atoms with Crippen molar-refractivity contribution in [3.8, 4) is 0 Å². The van der Waals surface area contributed by atoms with E-state index < -0.39 is 6.10 Å². The van der Waals surface area contributed by atoms with Crippen molar-refractivity contribution in [2.45, 2.75) is 297 Å². The molecule has 0 spiro atoms. The molecule has 0 aliphatic rings. The standard InChI is InChI=1S/C57H104O6/c1-4-7-10-13-16-19-21-23-24-25-26-27-28-29-30-31-32-34-35-38-41-44-47-50-56(59)62-53-54(52-61-55(58)49-46-43-40-37-18-15-12-9-6-3)63-57(60)51-48-45-42-39-36-33-22-20-17-14-11-8-5-2/h11,14,20,22,25-26,54H,4-10,12-13,15-19,21,23-24,27-53H2,1-3H3/b14-11-,22-20-,26-25-. The quantitative estimate of drug-likeness (QED) is 0.0262. The highest BCUT2D eigenvalue weighted by atomic mass is 16.6. The highest BCUT2D eigenvalue weighted by Gasteiger charge is 2.19. The van der Waals surface area contributed by atoms with Crippen LogP contribution in [0.5, 0.6) is 0 Å². The first-order valence-corrected chi connectivity index (χ1v) is 27.5. The second-order valence-corrected chi connectivity index (χ2v) is 18.5. The van der Waals surface area contributed by atoms with Gasteiger partial charge in [0.1, 0.15) is 13.2 Å². The van der Waals surface area contributed by atoms with Crippen molar-refractivity contribution in [3.63, 3.8) is 0 Å². The van der Waals surface area contributed by atoms with Crippen LogP contribution in [-0.4, -0.2) is 37.2 Å². The van der Waals surface area contributed by atoms with Gasteiger partial charge >= 0.3 is 17.9 Å². The minimum Gasteiger partial charge on any atom is -0.462 e. The van der Waals surface area contributed by atoms with E-state index in [9.17, 15) is 14.4 Å². The van der Waals surface area contributed by atoms with Crippen molar-refractivity contribution in [2.24, 2.45) is 0 Å². The Labute approximate surface area is 391 Å². The van der Waals surface area contributed by atoms with Gasteiger partial charge in [0.2, 0.25) is 0 Å². The first-order valence-electron chi connectivity index (χ1n) is 27.5. The van der Waals surface area contributed by atoms with Gasteiger partial charge in [0.25, 0.3) is 0 Å². The fourth-order valence-corrected chi connectivity index (χ4v) is 7.95. The van der Waals surface area contributed by atoms with E-state index in [0.717, 1.165) is 89.9 Å². The molecule has 0 rings (SSSR count). The van der Waals surface area contributed by atoms with Gasteiger partial charge in [-0.05, 0) is 70.6 Å². The average Bonchev–Trinajstić information content (AvgIpc) is 3.28. The second-order valence-electron chi connectivity index (χ2n) is 18.5. The molecule has 0 saturated carbocycles. The van der Waals surface area contributed by atoms with Crippen LogP contribution in [-0.2, 0) is 28.6 Å². The van der Waals surface area contributed by atoms with Gasteiger partial charge in [0, 0.05) is 19.3 Å². The Morgan fingerprint density at radius 1 is 0.317 bits per heavy atom. The lowest BCUT2D eigenvalue weighted by atomic mass is 10.0. The topological polar surface area (TPSA) is 78.9 Å². The molecule has 0 heterocycles. The van der Waals surface area contributed by atoms with Gasteiger partial charge in [-0.15, -0.1) is 0 Å². The Hall–Kier alpha value is -2.37. The average molecular weight is 885 g/mol. The molecule has 0 aliphatic carbocycles. The Bertz CT molecular complexity index is 1060. The van der Waals surface area contributed by atoms with Gasteiger partial charge in [-0.3, -0.25) is 14.4 Å². The summed E-state index contributed by atoms with van der Waals surface area (Å²) in [6.07, 6.45) is 61.5. The summed E-state index contributed by atoms with van der Waals surface area (Å²) in [6, 6.07) is 0. The molecule has 63 heavy (non-hydrogen) atoms. The molecule has 0 fully saturated rings. The molecule has 368 valence electrons. The zero-order valence-electron chi connectivity index (χ0n) is 42.1. The molecule has 0 amide bonds. The number of allylic oxidation sites excluding steroid dienone is 6. The monoisotopic (exact) mass is 885 g/mol. The number of carbonyl (C=O) groups is 3. The lowest BCUT2D eigenvalue weighted by Gasteiger charge is -2.18. The summed E-state index contributed by atoms with van der Waals surface area (Å²) in [5, 5.41) is 0. The van der Waals surface area contributed by atoms with E-state index in [4.69, 9.17) is 14.2 Å². The summed E-state index contributed by atoms with van der Waals surface area (Å²) in [4.78, 5) is 37.9. The van der Waals surface area contributed by atoms with Gasteiger partial charge in [0.05, 0.1) is 0 Å². The van der Waals surface area contributed by atoms with Gasteiger partial charge in [-0.2, -0.15) is 0 Å². The molecule has 0 bridgehead atoms. The number of hydrogen-bond donors (Lipinski definition) is 0. The van der Waals surface area contributed by atoms with Crippen molar-refractivity contribution < 1.29 is 28.6 Å². The van der Waals surface area contributed by atoms with E-state index in [-0.39, 0.29) is 31.1 Å². The third-order valence-electron chi connectivity index (χ3n) is 12.1. The van der Waals surface area contributed by atoms with Crippen LogP contribution in [0.3, 0.4) is 0 Å². The molecule has 0 aromatic heterocycles. The largest absolute Gasteiger partial charge is 0.462 e.